The molecule has 2 aliphatic heterocycles. The molecule has 1 N–H and O–H groups in total. The third kappa shape index (κ3) is 5.01. The van der Waals surface area contributed by atoms with E-state index >= 15 is 0 Å². The predicted octanol–water partition coefficient (Wildman–Crippen LogP) is 3.31. The summed E-state index contributed by atoms with van der Waals surface area (Å²) in [6, 6.07) is 6.28. The minimum atomic E-state index is -0.281. The van der Waals surface area contributed by atoms with Crippen molar-refractivity contribution in [3.05, 3.63) is 53.4 Å². The monoisotopic (exact) mass is 442 g/mol. The number of hydrogen-bond acceptors (Lipinski definition) is 4. The van der Waals surface area contributed by atoms with Gasteiger partial charge in [0.05, 0.1) is 25.2 Å². The topological polar surface area (TPSA) is 76.5 Å². The van der Waals surface area contributed by atoms with Crippen LogP contribution in [-0.2, 0) is 22.7 Å². The molecule has 32 heavy (non-hydrogen) atoms. The number of nitrogens with zero attached hydrogens (tertiary/aromatic N) is 3. The standard InChI is InChI=1S/C24H31FN4O3/c1-24(2,3)14-26-22(30)17-8-10-28(11-9-17)23(31)21-19-13-32-20(12-29(19)15-27-21)16-4-6-18(25)7-5-16/h4-7,15,17,20H,8-14H2,1-3H3,(H,26,30). The van der Waals surface area contributed by atoms with Crippen molar-refractivity contribution in [1.29, 1.82) is 0 Å². The van der Waals surface area contributed by atoms with Crippen molar-refractivity contribution in [2.45, 2.75) is 52.9 Å². The van der Waals surface area contributed by atoms with Gasteiger partial charge in [0.2, 0.25) is 5.91 Å². The highest BCUT2D eigenvalue weighted by Gasteiger charge is 2.32. The summed E-state index contributed by atoms with van der Waals surface area (Å²) in [6.07, 6.45) is 2.78. The smallest absolute Gasteiger partial charge is 0.274 e. The van der Waals surface area contributed by atoms with Crippen molar-refractivity contribution in [2.24, 2.45) is 11.3 Å². The zero-order valence-electron chi connectivity index (χ0n) is 18.9. The van der Waals surface area contributed by atoms with E-state index in [0.29, 0.717) is 44.7 Å². The van der Waals surface area contributed by atoms with Crippen LogP contribution in [0.15, 0.2) is 30.6 Å². The molecule has 0 aliphatic carbocycles. The van der Waals surface area contributed by atoms with Crippen LogP contribution in [0.25, 0.3) is 0 Å². The van der Waals surface area contributed by atoms with Crippen LogP contribution in [-0.4, -0.2) is 45.9 Å². The number of nitrogens with one attached hydrogen (secondary N) is 1. The van der Waals surface area contributed by atoms with Gasteiger partial charge in [-0.3, -0.25) is 9.59 Å². The van der Waals surface area contributed by atoms with Crippen molar-refractivity contribution in [3.8, 4) is 0 Å². The Bertz CT molecular complexity index is 972. The summed E-state index contributed by atoms with van der Waals surface area (Å²) in [4.78, 5) is 31.7. The number of imidazole rings is 1. The number of carbonyl (C=O) groups excluding carboxylic acids is 2. The highest BCUT2D eigenvalue weighted by atomic mass is 19.1. The second-order valence-corrected chi connectivity index (χ2v) is 9.89. The van der Waals surface area contributed by atoms with Crippen LogP contribution in [0, 0.1) is 17.2 Å². The number of benzene rings is 1. The molecule has 0 bridgehead atoms. The van der Waals surface area contributed by atoms with Crippen molar-refractivity contribution >= 4 is 11.8 Å². The summed E-state index contributed by atoms with van der Waals surface area (Å²) in [5, 5.41) is 3.03. The third-order valence-corrected chi connectivity index (χ3v) is 6.12. The van der Waals surface area contributed by atoms with Gasteiger partial charge < -0.3 is 19.5 Å². The lowest BCUT2D eigenvalue weighted by Crippen LogP contribution is -2.44. The normalized spacial score (nSPS) is 19.5. The Morgan fingerprint density at radius 2 is 1.88 bits per heavy atom. The van der Waals surface area contributed by atoms with Crippen LogP contribution in [0.3, 0.4) is 0 Å². The Hall–Kier alpha value is -2.74. The number of amides is 2. The maximum atomic E-state index is 13.2. The van der Waals surface area contributed by atoms with E-state index in [1.807, 2.05) is 4.57 Å². The van der Waals surface area contributed by atoms with E-state index < -0.39 is 0 Å². The van der Waals surface area contributed by atoms with E-state index in [-0.39, 0.29) is 41.7 Å². The molecule has 1 fully saturated rings. The summed E-state index contributed by atoms with van der Waals surface area (Å²) in [6.45, 7) is 8.79. The third-order valence-electron chi connectivity index (χ3n) is 6.12. The lowest BCUT2D eigenvalue weighted by Gasteiger charge is -2.32. The molecule has 1 aromatic carbocycles. The van der Waals surface area contributed by atoms with Crippen molar-refractivity contribution < 1.29 is 18.7 Å². The van der Waals surface area contributed by atoms with Crippen LogP contribution < -0.4 is 5.32 Å². The van der Waals surface area contributed by atoms with E-state index in [2.05, 4.69) is 31.1 Å². The molecule has 0 spiro atoms. The summed E-state index contributed by atoms with van der Waals surface area (Å²) in [7, 11) is 0. The molecule has 8 heteroatoms. The average molecular weight is 443 g/mol. The zero-order chi connectivity index (χ0) is 22.9. The molecule has 0 saturated carbocycles. The minimum Gasteiger partial charge on any atom is -0.365 e. The van der Waals surface area contributed by atoms with Gasteiger partial charge in [-0.05, 0) is 36.0 Å². The fourth-order valence-corrected chi connectivity index (χ4v) is 4.18. The van der Waals surface area contributed by atoms with Gasteiger partial charge in [-0.2, -0.15) is 0 Å². The fourth-order valence-electron chi connectivity index (χ4n) is 4.18. The Balaban J connectivity index is 1.35. The lowest BCUT2D eigenvalue weighted by atomic mass is 9.93. The predicted molar refractivity (Wildman–Crippen MR) is 117 cm³/mol. The Kier molecular flexibility index (Phi) is 6.33. The molecule has 1 aromatic heterocycles. The summed E-state index contributed by atoms with van der Waals surface area (Å²) in [5.41, 5.74) is 2.12. The molecule has 2 amide bonds. The molecule has 4 rings (SSSR count). The minimum absolute atomic E-state index is 0.0460. The van der Waals surface area contributed by atoms with Crippen molar-refractivity contribution in [2.75, 3.05) is 19.6 Å². The van der Waals surface area contributed by atoms with Gasteiger partial charge in [-0.1, -0.05) is 32.9 Å². The van der Waals surface area contributed by atoms with Gasteiger partial charge in [-0.25, -0.2) is 9.37 Å². The molecule has 7 nitrogen and oxygen atoms in total. The second kappa shape index (κ2) is 9.02. The van der Waals surface area contributed by atoms with Gasteiger partial charge in [0, 0.05) is 25.6 Å². The second-order valence-electron chi connectivity index (χ2n) is 9.89. The van der Waals surface area contributed by atoms with Gasteiger partial charge in [0.1, 0.15) is 11.9 Å². The molecule has 0 radical (unpaired) electrons. The van der Waals surface area contributed by atoms with Crippen LogP contribution in [0.2, 0.25) is 0 Å². The first-order chi connectivity index (χ1) is 15.2. The average Bonchev–Trinajstić information content (AvgIpc) is 3.20. The maximum absolute atomic E-state index is 13.2. The van der Waals surface area contributed by atoms with Crippen LogP contribution >= 0.6 is 0 Å². The summed E-state index contributed by atoms with van der Waals surface area (Å²) < 4.78 is 21.1. The molecule has 1 saturated heterocycles. The number of likely N-dealkylation sites (tertiary alicyclic amines) is 1. The van der Waals surface area contributed by atoms with E-state index in [4.69, 9.17) is 4.74 Å². The highest BCUT2D eigenvalue weighted by molar-refractivity contribution is 5.93. The number of piperidine rings is 1. The quantitative estimate of drug-likeness (QED) is 0.788. The van der Waals surface area contributed by atoms with E-state index in [1.54, 1.807) is 23.4 Å². The molecule has 3 heterocycles. The number of aromatic nitrogens is 2. The lowest BCUT2D eigenvalue weighted by molar-refractivity contribution is -0.126. The number of ether oxygens (including phenoxy) is 1. The first kappa shape index (κ1) is 22.5. The largest absolute Gasteiger partial charge is 0.365 e. The first-order valence-corrected chi connectivity index (χ1v) is 11.2. The maximum Gasteiger partial charge on any atom is 0.274 e. The van der Waals surface area contributed by atoms with Crippen molar-refractivity contribution in [3.63, 3.8) is 0 Å². The molecule has 172 valence electrons. The number of halogens is 1. The van der Waals surface area contributed by atoms with Crippen LogP contribution in [0.1, 0.15) is 61.5 Å². The van der Waals surface area contributed by atoms with E-state index in [1.165, 1.54) is 12.1 Å². The van der Waals surface area contributed by atoms with Gasteiger partial charge in [-0.15, -0.1) is 0 Å². The van der Waals surface area contributed by atoms with E-state index in [9.17, 15) is 14.0 Å². The molecule has 1 unspecified atom stereocenters. The number of hydrogen-bond donors (Lipinski definition) is 1. The van der Waals surface area contributed by atoms with Crippen LogP contribution in [0.4, 0.5) is 4.39 Å². The van der Waals surface area contributed by atoms with E-state index in [0.717, 1.165) is 11.3 Å². The van der Waals surface area contributed by atoms with Gasteiger partial charge in [0.25, 0.3) is 5.91 Å². The van der Waals surface area contributed by atoms with Crippen LogP contribution in [0.5, 0.6) is 0 Å². The summed E-state index contributed by atoms with van der Waals surface area (Å²) >= 11 is 0. The first-order valence-electron chi connectivity index (χ1n) is 11.2. The number of carbonyl (C=O) groups is 2. The molecule has 1 atom stereocenters. The number of rotatable bonds is 4. The molecule has 2 aromatic rings. The Labute approximate surface area is 188 Å². The summed E-state index contributed by atoms with van der Waals surface area (Å²) in [5.74, 6) is -0.379. The molecular formula is C24H31FN4O3. The SMILES string of the molecule is CC(C)(C)CNC(=O)C1CCN(C(=O)c2ncn3c2COC(c2ccc(F)cc2)C3)CC1. The Morgan fingerprint density at radius 1 is 1.19 bits per heavy atom. The van der Waals surface area contributed by atoms with Crippen molar-refractivity contribution in [1.82, 2.24) is 19.8 Å². The fraction of sp³-hybridized carbons (Fsp3) is 0.542. The Morgan fingerprint density at radius 3 is 2.53 bits per heavy atom. The zero-order valence-corrected chi connectivity index (χ0v) is 18.9. The molecular weight excluding hydrogens is 411 g/mol. The number of fused-ring (bicyclic) bond motifs is 1. The molecule has 2 aliphatic rings. The van der Waals surface area contributed by atoms with Gasteiger partial charge >= 0.3 is 0 Å². The highest BCUT2D eigenvalue weighted by Crippen LogP contribution is 2.29. The van der Waals surface area contributed by atoms with Gasteiger partial charge in [0.15, 0.2) is 5.69 Å².